The van der Waals surface area contributed by atoms with E-state index >= 15 is 0 Å². The second kappa shape index (κ2) is 5.51. The summed E-state index contributed by atoms with van der Waals surface area (Å²) in [7, 11) is 0. The lowest BCUT2D eigenvalue weighted by molar-refractivity contribution is -0.00550. The van der Waals surface area contributed by atoms with Crippen molar-refractivity contribution < 1.29 is 14.1 Å². The molecule has 1 aliphatic rings. The van der Waals surface area contributed by atoms with Crippen LogP contribution in [0.2, 0.25) is 5.02 Å². The Morgan fingerprint density at radius 1 is 1.60 bits per heavy atom. The number of rotatable bonds is 2. The van der Waals surface area contributed by atoms with Crippen molar-refractivity contribution in [3.8, 4) is 0 Å². The summed E-state index contributed by atoms with van der Waals surface area (Å²) in [6, 6.07) is -0.339. The van der Waals surface area contributed by atoms with Crippen molar-refractivity contribution in [3.05, 3.63) is 33.1 Å². The minimum atomic E-state index is -0.339. The number of morpholine rings is 1. The van der Waals surface area contributed by atoms with Crippen molar-refractivity contribution in [3.63, 3.8) is 0 Å². The van der Waals surface area contributed by atoms with E-state index in [-0.39, 0.29) is 11.9 Å². The molecule has 0 saturated carbocycles. The van der Waals surface area contributed by atoms with Crippen LogP contribution in [0.4, 0.5) is 0 Å². The van der Waals surface area contributed by atoms with Gasteiger partial charge < -0.3 is 14.2 Å². The summed E-state index contributed by atoms with van der Waals surface area (Å²) in [6.45, 7) is 3.20. The molecule has 3 rings (SSSR count). The number of aromatic nitrogens is 2. The van der Waals surface area contributed by atoms with Crippen molar-refractivity contribution in [2.75, 3.05) is 19.8 Å². The van der Waals surface area contributed by atoms with Crippen LogP contribution in [-0.2, 0) is 4.74 Å². The van der Waals surface area contributed by atoms with Crippen LogP contribution in [0.3, 0.4) is 0 Å². The number of carbonyl (C=O) groups is 1. The molecule has 0 radical (unpaired) electrons. The predicted molar refractivity (Wildman–Crippen MR) is 73.0 cm³/mol. The summed E-state index contributed by atoms with van der Waals surface area (Å²) >= 11 is 7.53. The summed E-state index contributed by atoms with van der Waals surface area (Å²) in [5.41, 5.74) is 0.907. The molecule has 2 aromatic rings. The molecule has 1 fully saturated rings. The number of nitrogens with zero attached hydrogens (tertiary/aromatic N) is 3. The van der Waals surface area contributed by atoms with E-state index in [1.807, 2.05) is 12.3 Å². The second-order valence-corrected chi connectivity index (χ2v) is 5.70. The van der Waals surface area contributed by atoms with E-state index in [9.17, 15) is 4.79 Å². The molecule has 2 aromatic heterocycles. The number of thiophene rings is 1. The lowest BCUT2D eigenvalue weighted by atomic mass is 10.2. The predicted octanol–water partition coefficient (Wildman–Crippen LogP) is 2.31. The fourth-order valence-electron chi connectivity index (χ4n) is 2.09. The van der Waals surface area contributed by atoms with E-state index in [0.29, 0.717) is 35.5 Å². The van der Waals surface area contributed by atoms with Crippen molar-refractivity contribution >= 4 is 28.8 Å². The Balaban J connectivity index is 1.90. The van der Waals surface area contributed by atoms with Crippen LogP contribution in [0.15, 0.2) is 16.3 Å². The smallest absolute Gasteiger partial charge is 0.266 e. The number of amides is 1. The van der Waals surface area contributed by atoms with Gasteiger partial charge in [-0.3, -0.25) is 4.79 Å². The molecular weight excluding hydrogens is 302 g/mol. The Hall–Kier alpha value is -1.44. The lowest BCUT2D eigenvalue weighted by Crippen LogP contribution is -2.43. The van der Waals surface area contributed by atoms with Crippen molar-refractivity contribution in [1.29, 1.82) is 0 Å². The van der Waals surface area contributed by atoms with Gasteiger partial charge in [0.2, 0.25) is 6.39 Å². The standard InChI is InChI=1S/C12H12ClN3O3S/c1-7-5-20-10(9(7)13)12(17)16-2-3-18-4-8(16)11-14-6-19-15-11/h5-6,8H,2-4H2,1H3. The minimum absolute atomic E-state index is 0.119. The fourth-order valence-corrected chi connectivity index (χ4v) is 3.32. The van der Waals surface area contributed by atoms with Gasteiger partial charge in [-0.25, -0.2) is 0 Å². The molecule has 1 amide bonds. The van der Waals surface area contributed by atoms with Gasteiger partial charge in [-0.05, 0) is 17.9 Å². The average Bonchev–Trinajstić information content (AvgIpc) is 3.10. The zero-order valence-electron chi connectivity index (χ0n) is 10.7. The van der Waals surface area contributed by atoms with Crippen molar-refractivity contribution in [1.82, 2.24) is 15.0 Å². The zero-order chi connectivity index (χ0) is 14.1. The van der Waals surface area contributed by atoms with Gasteiger partial charge in [0.25, 0.3) is 5.91 Å². The van der Waals surface area contributed by atoms with Gasteiger partial charge in [-0.15, -0.1) is 11.3 Å². The summed E-state index contributed by atoms with van der Waals surface area (Å²) in [4.78, 5) is 18.9. The molecular formula is C12H12ClN3O3S. The maximum Gasteiger partial charge on any atom is 0.266 e. The third-order valence-corrected chi connectivity index (χ3v) is 4.84. The Kier molecular flexibility index (Phi) is 3.73. The Bertz CT molecular complexity index is 614. The van der Waals surface area contributed by atoms with E-state index in [4.69, 9.17) is 20.9 Å². The van der Waals surface area contributed by atoms with Gasteiger partial charge in [0, 0.05) is 6.54 Å². The summed E-state index contributed by atoms with van der Waals surface area (Å²) in [5.74, 6) is 0.327. The van der Waals surface area contributed by atoms with Gasteiger partial charge in [0.1, 0.15) is 10.9 Å². The maximum atomic E-state index is 12.6. The van der Waals surface area contributed by atoms with Crippen LogP contribution in [0.5, 0.6) is 0 Å². The van der Waals surface area contributed by atoms with Crippen molar-refractivity contribution in [2.45, 2.75) is 13.0 Å². The fraction of sp³-hybridized carbons (Fsp3) is 0.417. The SMILES string of the molecule is Cc1csc(C(=O)N2CCOCC2c2ncon2)c1Cl. The number of ether oxygens (including phenoxy) is 1. The molecule has 106 valence electrons. The van der Waals surface area contributed by atoms with Gasteiger partial charge >= 0.3 is 0 Å². The molecule has 1 atom stereocenters. The minimum Gasteiger partial charge on any atom is -0.377 e. The third kappa shape index (κ3) is 2.32. The van der Waals surface area contributed by atoms with Gasteiger partial charge in [0.05, 0.1) is 18.2 Å². The number of hydrogen-bond acceptors (Lipinski definition) is 6. The van der Waals surface area contributed by atoms with Crippen molar-refractivity contribution in [2.24, 2.45) is 0 Å². The van der Waals surface area contributed by atoms with E-state index in [1.54, 1.807) is 4.90 Å². The molecule has 0 aliphatic carbocycles. The number of aryl methyl sites for hydroxylation is 1. The summed E-state index contributed by atoms with van der Waals surface area (Å²) in [6.07, 6.45) is 1.24. The Morgan fingerprint density at radius 3 is 3.10 bits per heavy atom. The molecule has 8 heteroatoms. The highest BCUT2D eigenvalue weighted by molar-refractivity contribution is 7.13. The van der Waals surface area contributed by atoms with Crippen LogP contribution >= 0.6 is 22.9 Å². The van der Waals surface area contributed by atoms with E-state index < -0.39 is 0 Å². The largest absolute Gasteiger partial charge is 0.377 e. The lowest BCUT2D eigenvalue weighted by Gasteiger charge is -2.33. The highest BCUT2D eigenvalue weighted by atomic mass is 35.5. The molecule has 6 nitrogen and oxygen atoms in total. The van der Waals surface area contributed by atoms with Gasteiger partial charge in [-0.2, -0.15) is 4.98 Å². The normalized spacial score (nSPS) is 19.3. The first-order valence-corrected chi connectivity index (χ1v) is 7.33. The Labute approximate surface area is 124 Å². The highest BCUT2D eigenvalue weighted by Crippen LogP contribution is 2.31. The van der Waals surface area contributed by atoms with Crippen LogP contribution < -0.4 is 0 Å². The Morgan fingerprint density at radius 2 is 2.45 bits per heavy atom. The third-order valence-electron chi connectivity index (χ3n) is 3.16. The zero-order valence-corrected chi connectivity index (χ0v) is 12.3. The first-order valence-electron chi connectivity index (χ1n) is 6.07. The molecule has 0 spiro atoms. The quantitative estimate of drug-likeness (QED) is 0.851. The highest BCUT2D eigenvalue weighted by Gasteiger charge is 2.33. The van der Waals surface area contributed by atoms with E-state index in [0.717, 1.165) is 5.56 Å². The number of hydrogen-bond donors (Lipinski definition) is 0. The molecule has 0 N–H and O–H groups in total. The molecule has 3 heterocycles. The van der Waals surface area contributed by atoms with Crippen LogP contribution in [-0.4, -0.2) is 40.7 Å². The molecule has 20 heavy (non-hydrogen) atoms. The van der Waals surface area contributed by atoms with Gasteiger partial charge in [0.15, 0.2) is 5.82 Å². The van der Waals surface area contributed by atoms with Crippen LogP contribution in [0.25, 0.3) is 0 Å². The summed E-state index contributed by atoms with van der Waals surface area (Å²) in [5, 5.41) is 6.19. The molecule has 1 aliphatic heterocycles. The maximum absolute atomic E-state index is 12.6. The van der Waals surface area contributed by atoms with E-state index in [1.165, 1.54) is 17.7 Å². The van der Waals surface area contributed by atoms with Crippen LogP contribution in [0.1, 0.15) is 27.1 Å². The first kappa shape index (κ1) is 13.5. The molecule has 0 bridgehead atoms. The van der Waals surface area contributed by atoms with Gasteiger partial charge in [-0.1, -0.05) is 16.8 Å². The molecule has 1 saturated heterocycles. The topological polar surface area (TPSA) is 68.5 Å². The first-order chi connectivity index (χ1) is 9.68. The van der Waals surface area contributed by atoms with E-state index in [2.05, 4.69) is 10.1 Å². The average molecular weight is 314 g/mol. The second-order valence-electron chi connectivity index (χ2n) is 4.44. The van der Waals surface area contributed by atoms with Crippen LogP contribution in [0, 0.1) is 6.92 Å². The number of halogens is 1. The summed E-state index contributed by atoms with van der Waals surface area (Å²) < 4.78 is 10.2. The molecule has 1 unspecified atom stereocenters. The number of carbonyl (C=O) groups excluding carboxylic acids is 1. The molecule has 0 aromatic carbocycles. The monoisotopic (exact) mass is 313 g/mol.